The van der Waals surface area contributed by atoms with Gasteiger partial charge in [-0.05, 0) is 24.8 Å². The second-order valence-corrected chi connectivity index (χ2v) is 5.34. The van der Waals surface area contributed by atoms with Crippen molar-refractivity contribution in [3.05, 3.63) is 16.8 Å². The number of nitrogens with zero attached hydrogens (tertiary/aromatic N) is 3. The Kier molecular flexibility index (Phi) is 2.68. The molecular formula is C11H14N4OS. The highest BCUT2D eigenvalue weighted by Gasteiger charge is 2.37. The van der Waals surface area contributed by atoms with Gasteiger partial charge in [-0.2, -0.15) is 4.98 Å². The maximum atomic E-state index is 5.82. The quantitative estimate of drug-likeness (QED) is 0.896. The second-order valence-electron chi connectivity index (χ2n) is 4.62. The van der Waals surface area contributed by atoms with E-state index in [2.05, 4.69) is 15.1 Å². The summed E-state index contributed by atoms with van der Waals surface area (Å²) in [5.74, 6) is 1.26. The van der Waals surface area contributed by atoms with Crippen LogP contribution in [0.25, 0.3) is 11.5 Å². The van der Waals surface area contributed by atoms with E-state index in [1.54, 1.807) is 5.51 Å². The van der Waals surface area contributed by atoms with E-state index in [9.17, 15) is 0 Å². The lowest BCUT2D eigenvalue weighted by Gasteiger charge is -2.39. The SMILES string of the molecule is NCC1(Cc2nc(-c3cscn3)no2)CCC1. The van der Waals surface area contributed by atoms with Crippen LogP contribution < -0.4 is 5.73 Å². The first-order valence-corrected chi connectivity index (χ1v) is 6.67. The molecule has 1 aliphatic carbocycles. The van der Waals surface area contributed by atoms with Crippen LogP contribution in [0.5, 0.6) is 0 Å². The summed E-state index contributed by atoms with van der Waals surface area (Å²) in [5, 5.41) is 5.87. The fraction of sp³-hybridized carbons (Fsp3) is 0.545. The first kappa shape index (κ1) is 10.9. The minimum Gasteiger partial charge on any atom is -0.339 e. The van der Waals surface area contributed by atoms with Gasteiger partial charge in [0.15, 0.2) is 0 Å². The van der Waals surface area contributed by atoms with Crippen LogP contribution >= 0.6 is 11.3 Å². The highest BCUT2D eigenvalue weighted by molar-refractivity contribution is 7.07. The average molecular weight is 250 g/mol. The lowest BCUT2D eigenvalue weighted by Crippen LogP contribution is -2.39. The van der Waals surface area contributed by atoms with E-state index in [0.29, 0.717) is 18.3 Å². The molecule has 0 radical (unpaired) electrons. The highest BCUT2D eigenvalue weighted by Crippen LogP contribution is 2.42. The lowest BCUT2D eigenvalue weighted by molar-refractivity contribution is 0.129. The Morgan fingerprint density at radius 2 is 2.35 bits per heavy atom. The fourth-order valence-electron chi connectivity index (χ4n) is 2.20. The Labute approximate surface area is 103 Å². The van der Waals surface area contributed by atoms with Crippen LogP contribution in [-0.2, 0) is 6.42 Å². The topological polar surface area (TPSA) is 77.8 Å². The third-order valence-corrected chi connectivity index (χ3v) is 4.09. The first-order chi connectivity index (χ1) is 8.31. The molecule has 0 unspecified atom stereocenters. The number of thiazole rings is 1. The molecule has 2 aromatic heterocycles. The van der Waals surface area contributed by atoms with E-state index in [-0.39, 0.29) is 5.41 Å². The molecule has 1 fully saturated rings. The zero-order valence-corrected chi connectivity index (χ0v) is 10.2. The summed E-state index contributed by atoms with van der Waals surface area (Å²) in [7, 11) is 0. The summed E-state index contributed by atoms with van der Waals surface area (Å²) in [4.78, 5) is 8.54. The van der Waals surface area contributed by atoms with Gasteiger partial charge in [0, 0.05) is 11.8 Å². The van der Waals surface area contributed by atoms with Gasteiger partial charge in [-0.1, -0.05) is 11.6 Å². The predicted molar refractivity (Wildman–Crippen MR) is 64.4 cm³/mol. The summed E-state index contributed by atoms with van der Waals surface area (Å²) in [5.41, 5.74) is 8.56. The molecule has 0 spiro atoms. The molecule has 2 N–H and O–H groups in total. The van der Waals surface area contributed by atoms with Gasteiger partial charge in [0.2, 0.25) is 11.7 Å². The Morgan fingerprint density at radius 3 is 2.94 bits per heavy atom. The molecular weight excluding hydrogens is 236 g/mol. The minimum atomic E-state index is 0.200. The Balaban J connectivity index is 1.77. The number of nitrogens with two attached hydrogens (primary N) is 1. The molecule has 3 rings (SSSR count). The molecule has 0 aromatic carbocycles. The van der Waals surface area contributed by atoms with Gasteiger partial charge in [-0.15, -0.1) is 11.3 Å². The van der Waals surface area contributed by atoms with Crippen LogP contribution in [-0.4, -0.2) is 21.7 Å². The average Bonchev–Trinajstić information content (AvgIpc) is 2.94. The minimum absolute atomic E-state index is 0.200. The zero-order valence-electron chi connectivity index (χ0n) is 9.43. The number of hydrogen-bond acceptors (Lipinski definition) is 6. The lowest BCUT2D eigenvalue weighted by atomic mass is 9.67. The molecule has 5 nitrogen and oxygen atoms in total. The van der Waals surface area contributed by atoms with E-state index in [0.717, 1.165) is 25.0 Å². The van der Waals surface area contributed by atoms with Crippen molar-refractivity contribution in [1.29, 1.82) is 0 Å². The molecule has 0 saturated heterocycles. The van der Waals surface area contributed by atoms with Crippen LogP contribution in [0, 0.1) is 5.41 Å². The maximum absolute atomic E-state index is 5.82. The number of aromatic nitrogens is 3. The third-order valence-electron chi connectivity index (χ3n) is 3.50. The smallest absolute Gasteiger partial charge is 0.227 e. The molecule has 0 bridgehead atoms. The maximum Gasteiger partial charge on any atom is 0.227 e. The standard InChI is InChI=1S/C11H14N4OS/c12-6-11(2-1-3-11)4-9-14-10(15-16-9)8-5-17-7-13-8/h5,7H,1-4,6,12H2. The van der Waals surface area contributed by atoms with E-state index in [1.165, 1.54) is 17.8 Å². The van der Waals surface area contributed by atoms with Gasteiger partial charge in [0.1, 0.15) is 5.69 Å². The van der Waals surface area contributed by atoms with Gasteiger partial charge in [0.05, 0.1) is 5.51 Å². The van der Waals surface area contributed by atoms with Gasteiger partial charge < -0.3 is 10.3 Å². The van der Waals surface area contributed by atoms with Crippen LogP contribution in [0.15, 0.2) is 15.4 Å². The van der Waals surface area contributed by atoms with Crippen LogP contribution in [0.3, 0.4) is 0 Å². The largest absolute Gasteiger partial charge is 0.339 e. The molecule has 0 atom stereocenters. The Hall–Kier alpha value is -1.27. The Bertz CT molecular complexity index is 484. The molecule has 1 saturated carbocycles. The van der Waals surface area contributed by atoms with Crippen molar-refractivity contribution in [1.82, 2.24) is 15.1 Å². The van der Waals surface area contributed by atoms with Gasteiger partial charge in [0.25, 0.3) is 0 Å². The van der Waals surface area contributed by atoms with Gasteiger partial charge in [-0.25, -0.2) is 4.98 Å². The predicted octanol–water partition coefficient (Wildman–Crippen LogP) is 1.86. The molecule has 90 valence electrons. The molecule has 0 amide bonds. The van der Waals surface area contributed by atoms with Crippen molar-refractivity contribution in [3.8, 4) is 11.5 Å². The van der Waals surface area contributed by atoms with Crippen LogP contribution in [0.1, 0.15) is 25.2 Å². The van der Waals surface area contributed by atoms with Crippen molar-refractivity contribution in [3.63, 3.8) is 0 Å². The molecule has 17 heavy (non-hydrogen) atoms. The van der Waals surface area contributed by atoms with Crippen LogP contribution in [0.4, 0.5) is 0 Å². The van der Waals surface area contributed by atoms with E-state index in [1.807, 2.05) is 5.38 Å². The molecule has 6 heteroatoms. The third kappa shape index (κ3) is 1.98. The van der Waals surface area contributed by atoms with Crippen molar-refractivity contribution >= 4 is 11.3 Å². The van der Waals surface area contributed by atoms with Crippen LogP contribution in [0.2, 0.25) is 0 Å². The van der Waals surface area contributed by atoms with E-state index >= 15 is 0 Å². The number of rotatable bonds is 4. The highest BCUT2D eigenvalue weighted by atomic mass is 32.1. The summed E-state index contributed by atoms with van der Waals surface area (Å²) in [6, 6.07) is 0. The summed E-state index contributed by atoms with van der Waals surface area (Å²) < 4.78 is 5.27. The molecule has 1 aliphatic rings. The first-order valence-electron chi connectivity index (χ1n) is 5.73. The van der Waals surface area contributed by atoms with Crippen molar-refractivity contribution in [2.45, 2.75) is 25.7 Å². The summed E-state index contributed by atoms with van der Waals surface area (Å²) in [6.07, 6.45) is 4.38. The normalized spacial score (nSPS) is 17.9. The van der Waals surface area contributed by atoms with Gasteiger partial charge in [-0.3, -0.25) is 0 Å². The molecule has 2 aromatic rings. The van der Waals surface area contributed by atoms with E-state index < -0.39 is 0 Å². The zero-order chi connectivity index (χ0) is 11.7. The van der Waals surface area contributed by atoms with E-state index in [4.69, 9.17) is 10.3 Å². The molecule has 0 aliphatic heterocycles. The van der Waals surface area contributed by atoms with Crippen molar-refractivity contribution < 1.29 is 4.52 Å². The summed E-state index contributed by atoms with van der Waals surface area (Å²) >= 11 is 1.52. The van der Waals surface area contributed by atoms with Gasteiger partial charge >= 0.3 is 0 Å². The molecule has 2 heterocycles. The van der Waals surface area contributed by atoms with Crippen molar-refractivity contribution in [2.75, 3.05) is 6.54 Å². The number of hydrogen-bond donors (Lipinski definition) is 1. The van der Waals surface area contributed by atoms with Crippen molar-refractivity contribution in [2.24, 2.45) is 11.1 Å². The Morgan fingerprint density at radius 1 is 1.47 bits per heavy atom. The monoisotopic (exact) mass is 250 g/mol. The fourth-order valence-corrected chi connectivity index (χ4v) is 2.73. The summed E-state index contributed by atoms with van der Waals surface area (Å²) in [6.45, 7) is 0.696. The second kappa shape index (κ2) is 4.19.